The van der Waals surface area contributed by atoms with Gasteiger partial charge in [-0.3, -0.25) is 0 Å². The normalized spacial score (nSPS) is 26.2. The Kier molecular flexibility index (Phi) is 3.17. The number of carbonyl (C=O) groups excluding carboxylic acids is 1. The lowest BCUT2D eigenvalue weighted by molar-refractivity contribution is -0.112. The number of carbonyl (C=O) groups is 1. The smallest absolute Gasteiger partial charge is 0.124 e. The summed E-state index contributed by atoms with van der Waals surface area (Å²) in [5.41, 5.74) is 2.65. The molecule has 1 aliphatic rings. The Labute approximate surface area is 90.7 Å². The summed E-state index contributed by atoms with van der Waals surface area (Å²) in [5.74, 6) is 0.546. The second kappa shape index (κ2) is 4.58. The van der Waals surface area contributed by atoms with Gasteiger partial charge in [0.05, 0.1) is 0 Å². The van der Waals surface area contributed by atoms with Crippen LogP contribution in [0.1, 0.15) is 23.5 Å². The Balaban J connectivity index is 2.28. The van der Waals surface area contributed by atoms with E-state index in [1.807, 2.05) is 0 Å². The summed E-state index contributed by atoms with van der Waals surface area (Å²) in [6.07, 6.45) is 2.16. The molecule has 0 bridgehead atoms. The highest BCUT2D eigenvalue weighted by atomic mass is 16.1. The molecule has 1 N–H and O–H groups in total. The van der Waals surface area contributed by atoms with Crippen LogP contribution in [0.15, 0.2) is 24.3 Å². The van der Waals surface area contributed by atoms with Crippen molar-refractivity contribution >= 4 is 6.29 Å². The van der Waals surface area contributed by atoms with Crippen molar-refractivity contribution < 1.29 is 4.79 Å². The molecule has 2 rings (SSSR count). The molecule has 2 atom stereocenters. The molecule has 0 unspecified atom stereocenters. The molecule has 1 saturated heterocycles. The van der Waals surface area contributed by atoms with Crippen molar-refractivity contribution in [1.82, 2.24) is 5.32 Å². The van der Waals surface area contributed by atoms with Crippen LogP contribution < -0.4 is 5.32 Å². The van der Waals surface area contributed by atoms with Crippen molar-refractivity contribution in [2.24, 2.45) is 5.92 Å². The van der Waals surface area contributed by atoms with Crippen molar-refractivity contribution in [3.63, 3.8) is 0 Å². The second-order valence-corrected chi connectivity index (χ2v) is 4.26. The van der Waals surface area contributed by atoms with E-state index in [1.165, 1.54) is 11.1 Å². The van der Waals surface area contributed by atoms with Crippen LogP contribution in [0.2, 0.25) is 0 Å². The SMILES string of the molecule is Cc1ccccc1[C@@H]1CCNC[C@H]1C=O. The minimum Gasteiger partial charge on any atom is -0.316 e. The predicted molar refractivity (Wildman–Crippen MR) is 61.0 cm³/mol. The van der Waals surface area contributed by atoms with Crippen molar-refractivity contribution in [1.29, 1.82) is 0 Å². The summed E-state index contributed by atoms with van der Waals surface area (Å²) >= 11 is 0. The highest BCUT2D eigenvalue weighted by Gasteiger charge is 2.26. The first-order chi connectivity index (χ1) is 7.33. The maximum atomic E-state index is 11.0. The third kappa shape index (κ3) is 2.10. The predicted octanol–water partition coefficient (Wildman–Crippen LogP) is 1.89. The van der Waals surface area contributed by atoms with Gasteiger partial charge in [-0.1, -0.05) is 24.3 Å². The Morgan fingerprint density at radius 2 is 2.20 bits per heavy atom. The topological polar surface area (TPSA) is 29.1 Å². The van der Waals surface area contributed by atoms with Crippen LogP contribution in [0, 0.1) is 12.8 Å². The van der Waals surface area contributed by atoms with Crippen molar-refractivity contribution in [2.75, 3.05) is 13.1 Å². The molecule has 0 radical (unpaired) electrons. The molecule has 2 nitrogen and oxygen atoms in total. The highest BCUT2D eigenvalue weighted by molar-refractivity contribution is 5.57. The standard InChI is InChI=1S/C13H17NO/c1-10-4-2-3-5-12(10)13-6-7-14-8-11(13)9-15/h2-5,9,11,13-14H,6-8H2,1H3/t11-,13+/m0/s1. The maximum absolute atomic E-state index is 11.0. The molecular weight excluding hydrogens is 186 g/mol. The first-order valence-corrected chi connectivity index (χ1v) is 5.54. The molecule has 1 aliphatic heterocycles. The van der Waals surface area contributed by atoms with E-state index in [0.717, 1.165) is 25.8 Å². The number of hydrogen-bond donors (Lipinski definition) is 1. The third-order valence-corrected chi connectivity index (χ3v) is 3.29. The van der Waals surface area contributed by atoms with Crippen LogP contribution in [0.5, 0.6) is 0 Å². The lowest BCUT2D eigenvalue weighted by Crippen LogP contribution is -2.36. The minimum atomic E-state index is 0.139. The number of benzene rings is 1. The molecular formula is C13H17NO. The molecule has 1 fully saturated rings. The minimum absolute atomic E-state index is 0.139. The van der Waals surface area contributed by atoms with Crippen LogP contribution in [-0.2, 0) is 4.79 Å². The first kappa shape index (κ1) is 10.4. The van der Waals surface area contributed by atoms with Crippen LogP contribution in [0.25, 0.3) is 0 Å². The molecule has 0 aliphatic carbocycles. The Hall–Kier alpha value is -1.15. The van der Waals surface area contributed by atoms with Crippen LogP contribution >= 0.6 is 0 Å². The van der Waals surface area contributed by atoms with Gasteiger partial charge in [0.2, 0.25) is 0 Å². The van der Waals surface area contributed by atoms with Gasteiger partial charge in [0.15, 0.2) is 0 Å². The van der Waals surface area contributed by atoms with Crippen molar-refractivity contribution in [3.05, 3.63) is 35.4 Å². The number of nitrogens with one attached hydrogen (secondary N) is 1. The summed E-state index contributed by atoms with van der Waals surface area (Å²) in [6, 6.07) is 8.39. The summed E-state index contributed by atoms with van der Waals surface area (Å²) in [6.45, 7) is 3.96. The average Bonchev–Trinajstić information content (AvgIpc) is 2.30. The van der Waals surface area contributed by atoms with Gasteiger partial charge in [0.1, 0.15) is 6.29 Å². The molecule has 0 spiro atoms. The van der Waals surface area contributed by atoms with Gasteiger partial charge in [0, 0.05) is 12.5 Å². The zero-order chi connectivity index (χ0) is 10.7. The average molecular weight is 203 g/mol. The van der Waals surface area contributed by atoms with E-state index in [9.17, 15) is 4.79 Å². The molecule has 0 aromatic heterocycles. The van der Waals surface area contributed by atoms with Gasteiger partial charge in [-0.15, -0.1) is 0 Å². The van der Waals surface area contributed by atoms with Gasteiger partial charge >= 0.3 is 0 Å². The largest absolute Gasteiger partial charge is 0.316 e. The van der Waals surface area contributed by atoms with Crippen molar-refractivity contribution in [2.45, 2.75) is 19.3 Å². The number of piperidine rings is 1. The van der Waals surface area contributed by atoms with Crippen LogP contribution in [-0.4, -0.2) is 19.4 Å². The number of hydrogen-bond acceptors (Lipinski definition) is 2. The first-order valence-electron chi connectivity index (χ1n) is 5.54. The fourth-order valence-corrected chi connectivity index (χ4v) is 2.41. The lowest BCUT2D eigenvalue weighted by Gasteiger charge is -2.29. The molecule has 0 amide bonds. The van der Waals surface area contributed by atoms with Crippen LogP contribution in [0.4, 0.5) is 0 Å². The molecule has 1 heterocycles. The fourth-order valence-electron chi connectivity index (χ4n) is 2.41. The van der Waals surface area contributed by atoms with E-state index in [2.05, 4.69) is 36.5 Å². The van der Waals surface area contributed by atoms with Gasteiger partial charge in [-0.25, -0.2) is 0 Å². The zero-order valence-corrected chi connectivity index (χ0v) is 9.07. The van der Waals surface area contributed by atoms with Gasteiger partial charge in [-0.2, -0.15) is 0 Å². The fraction of sp³-hybridized carbons (Fsp3) is 0.462. The molecule has 80 valence electrons. The van der Waals surface area contributed by atoms with E-state index in [-0.39, 0.29) is 5.92 Å². The lowest BCUT2D eigenvalue weighted by atomic mass is 9.80. The van der Waals surface area contributed by atoms with Gasteiger partial charge in [0.25, 0.3) is 0 Å². The van der Waals surface area contributed by atoms with E-state index < -0.39 is 0 Å². The maximum Gasteiger partial charge on any atom is 0.124 e. The molecule has 1 aromatic carbocycles. The second-order valence-electron chi connectivity index (χ2n) is 4.26. The summed E-state index contributed by atoms with van der Waals surface area (Å²) in [5, 5.41) is 3.27. The van der Waals surface area contributed by atoms with E-state index in [0.29, 0.717) is 5.92 Å². The van der Waals surface area contributed by atoms with Crippen molar-refractivity contribution in [3.8, 4) is 0 Å². The van der Waals surface area contributed by atoms with Crippen LogP contribution in [0.3, 0.4) is 0 Å². The molecule has 15 heavy (non-hydrogen) atoms. The Morgan fingerprint density at radius 1 is 1.40 bits per heavy atom. The zero-order valence-electron chi connectivity index (χ0n) is 9.07. The van der Waals surface area contributed by atoms with E-state index >= 15 is 0 Å². The summed E-state index contributed by atoms with van der Waals surface area (Å²) in [7, 11) is 0. The van der Waals surface area contributed by atoms with E-state index in [4.69, 9.17) is 0 Å². The number of aryl methyl sites for hydroxylation is 1. The quantitative estimate of drug-likeness (QED) is 0.744. The molecule has 1 aromatic rings. The number of rotatable bonds is 2. The Morgan fingerprint density at radius 3 is 2.93 bits per heavy atom. The number of aldehydes is 1. The summed E-state index contributed by atoms with van der Waals surface area (Å²) in [4.78, 5) is 11.0. The molecule has 2 heteroatoms. The molecule has 0 saturated carbocycles. The highest BCUT2D eigenvalue weighted by Crippen LogP contribution is 2.30. The van der Waals surface area contributed by atoms with Gasteiger partial charge < -0.3 is 10.1 Å². The summed E-state index contributed by atoms with van der Waals surface area (Å²) < 4.78 is 0. The van der Waals surface area contributed by atoms with Gasteiger partial charge in [-0.05, 0) is 36.9 Å². The monoisotopic (exact) mass is 203 g/mol. The van der Waals surface area contributed by atoms with E-state index in [1.54, 1.807) is 0 Å². The third-order valence-electron chi connectivity index (χ3n) is 3.29. The Bertz CT molecular complexity index is 348.